The molecule has 0 radical (unpaired) electrons. The molecule has 3 N–H and O–H groups in total. The molecule has 1 aromatic carbocycles. The summed E-state index contributed by atoms with van der Waals surface area (Å²) in [6.45, 7) is 0.964. The number of nitrogen functional groups attached to an aromatic ring is 1. The summed E-state index contributed by atoms with van der Waals surface area (Å²) in [5.41, 5.74) is 5.84. The average molecular weight is 313 g/mol. The molecule has 0 spiro atoms. The maximum atomic E-state index is 12.7. The number of nitrogens with one attached hydrogen (secondary N) is 1. The van der Waals surface area contributed by atoms with Crippen LogP contribution in [0.4, 0.5) is 5.69 Å². The Morgan fingerprint density at radius 3 is 2.67 bits per heavy atom. The van der Waals surface area contributed by atoms with Crippen molar-refractivity contribution in [3.05, 3.63) is 18.2 Å². The van der Waals surface area contributed by atoms with Crippen LogP contribution >= 0.6 is 0 Å². The molecule has 1 saturated heterocycles. The number of methoxy groups -OCH3 is 1. The van der Waals surface area contributed by atoms with E-state index in [2.05, 4.69) is 5.32 Å². The highest BCUT2D eigenvalue weighted by Gasteiger charge is 2.40. The monoisotopic (exact) mass is 313 g/mol. The number of hydrogen-bond acceptors (Lipinski definition) is 6. The van der Waals surface area contributed by atoms with Crippen molar-refractivity contribution in [2.75, 3.05) is 19.4 Å². The van der Waals surface area contributed by atoms with Gasteiger partial charge in [0.1, 0.15) is 16.7 Å². The summed E-state index contributed by atoms with van der Waals surface area (Å²) in [7, 11) is -2.77. The molecule has 2 rings (SSSR count). The van der Waals surface area contributed by atoms with Gasteiger partial charge in [-0.1, -0.05) is 0 Å². The third kappa shape index (κ3) is 2.69. The molecule has 1 aromatic rings. The van der Waals surface area contributed by atoms with E-state index in [1.54, 1.807) is 0 Å². The van der Waals surface area contributed by atoms with Crippen molar-refractivity contribution in [3.8, 4) is 5.75 Å². The molecule has 114 valence electrons. The molecule has 1 heterocycles. The summed E-state index contributed by atoms with van der Waals surface area (Å²) >= 11 is 0. The summed E-state index contributed by atoms with van der Waals surface area (Å²) in [6.07, 6.45) is 0. The van der Waals surface area contributed by atoms with E-state index >= 15 is 0 Å². The first kappa shape index (κ1) is 15.3. The van der Waals surface area contributed by atoms with Gasteiger partial charge < -0.3 is 10.5 Å². The lowest BCUT2D eigenvalue weighted by atomic mass is 10.2. The van der Waals surface area contributed by atoms with Crippen LogP contribution in [-0.2, 0) is 19.6 Å². The second-order valence-electron chi connectivity index (χ2n) is 4.55. The lowest BCUT2D eigenvalue weighted by Gasteiger charge is -2.31. The number of sulfonamides is 1. The van der Waals surface area contributed by atoms with Gasteiger partial charge in [0, 0.05) is 5.69 Å². The number of hydrogen-bond donors (Lipinski definition) is 2. The molecule has 2 amide bonds. The highest BCUT2D eigenvalue weighted by molar-refractivity contribution is 7.89. The van der Waals surface area contributed by atoms with Crippen LogP contribution in [0, 0.1) is 0 Å². The van der Waals surface area contributed by atoms with E-state index in [-0.39, 0.29) is 16.3 Å². The van der Waals surface area contributed by atoms with Crippen molar-refractivity contribution in [1.82, 2.24) is 9.62 Å². The Bertz CT molecular complexity index is 701. The molecule has 9 heteroatoms. The van der Waals surface area contributed by atoms with E-state index < -0.39 is 34.4 Å². The maximum Gasteiger partial charge on any atom is 0.248 e. The number of carbonyl (C=O) groups excluding carboxylic acids is 2. The third-order valence-electron chi connectivity index (χ3n) is 3.15. The number of imide groups is 1. The number of amides is 2. The summed E-state index contributed by atoms with van der Waals surface area (Å²) in [4.78, 5) is 22.9. The van der Waals surface area contributed by atoms with Gasteiger partial charge in [0.2, 0.25) is 21.8 Å². The molecule has 21 heavy (non-hydrogen) atoms. The Hall–Kier alpha value is -2.13. The predicted octanol–water partition coefficient (Wildman–Crippen LogP) is -0.687. The molecular formula is C12H15N3O5S. The predicted molar refractivity (Wildman–Crippen MR) is 73.9 cm³/mol. The van der Waals surface area contributed by atoms with Gasteiger partial charge in [-0.15, -0.1) is 0 Å². The first-order valence-electron chi connectivity index (χ1n) is 6.06. The second kappa shape index (κ2) is 5.34. The minimum absolute atomic E-state index is 0.0924. The van der Waals surface area contributed by atoms with Gasteiger partial charge in [-0.05, 0) is 25.1 Å². The van der Waals surface area contributed by atoms with E-state index in [0.29, 0.717) is 0 Å². The fourth-order valence-corrected chi connectivity index (χ4v) is 3.75. The van der Waals surface area contributed by atoms with Crippen LogP contribution in [0.1, 0.15) is 6.92 Å². The molecule has 1 aliphatic heterocycles. The summed E-state index contributed by atoms with van der Waals surface area (Å²) in [6, 6.07) is 3.14. The number of benzene rings is 1. The fourth-order valence-electron chi connectivity index (χ4n) is 2.00. The van der Waals surface area contributed by atoms with Crippen molar-refractivity contribution >= 4 is 27.5 Å². The van der Waals surface area contributed by atoms with E-state index in [9.17, 15) is 18.0 Å². The van der Waals surface area contributed by atoms with Gasteiger partial charge in [0.05, 0.1) is 13.7 Å². The van der Waals surface area contributed by atoms with Crippen LogP contribution in [0.5, 0.6) is 5.75 Å². The Balaban J connectivity index is 2.53. The van der Waals surface area contributed by atoms with Gasteiger partial charge in [-0.2, -0.15) is 4.31 Å². The molecule has 0 aromatic heterocycles. The third-order valence-corrected chi connectivity index (χ3v) is 5.09. The first-order valence-corrected chi connectivity index (χ1v) is 7.50. The Morgan fingerprint density at radius 2 is 2.05 bits per heavy atom. The van der Waals surface area contributed by atoms with Gasteiger partial charge >= 0.3 is 0 Å². The Morgan fingerprint density at radius 1 is 1.38 bits per heavy atom. The lowest BCUT2D eigenvalue weighted by molar-refractivity contribution is -0.136. The molecule has 1 atom stereocenters. The average Bonchev–Trinajstić information content (AvgIpc) is 2.42. The van der Waals surface area contributed by atoms with Gasteiger partial charge in [0.25, 0.3) is 0 Å². The van der Waals surface area contributed by atoms with Crippen molar-refractivity contribution in [2.24, 2.45) is 0 Å². The van der Waals surface area contributed by atoms with E-state index in [0.717, 1.165) is 4.31 Å². The summed E-state index contributed by atoms with van der Waals surface area (Å²) in [5.74, 6) is -1.25. The zero-order valence-electron chi connectivity index (χ0n) is 11.5. The smallest absolute Gasteiger partial charge is 0.248 e. The van der Waals surface area contributed by atoms with Crippen LogP contribution < -0.4 is 15.8 Å². The van der Waals surface area contributed by atoms with Crippen molar-refractivity contribution in [1.29, 1.82) is 0 Å². The number of rotatable bonds is 3. The van der Waals surface area contributed by atoms with E-state index in [1.807, 2.05) is 0 Å². The zero-order chi connectivity index (χ0) is 15.8. The molecule has 0 aliphatic carbocycles. The van der Waals surface area contributed by atoms with Gasteiger partial charge in [-0.25, -0.2) is 8.42 Å². The number of ether oxygens (including phenoxy) is 1. The molecule has 8 nitrogen and oxygen atoms in total. The molecular weight excluding hydrogens is 298 g/mol. The molecule has 0 bridgehead atoms. The SMILES string of the molecule is COc1ccc(N)cc1S(=O)(=O)N1CC(=O)NC(=O)C1C. The van der Waals surface area contributed by atoms with Gasteiger partial charge in [-0.3, -0.25) is 14.9 Å². The number of piperazine rings is 1. The van der Waals surface area contributed by atoms with Crippen LogP contribution in [0.3, 0.4) is 0 Å². The van der Waals surface area contributed by atoms with Crippen LogP contribution in [0.2, 0.25) is 0 Å². The largest absolute Gasteiger partial charge is 0.495 e. The molecule has 1 aliphatic rings. The zero-order valence-corrected chi connectivity index (χ0v) is 12.3. The minimum atomic E-state index is -4.10. The summed E-state index contributed by atoms with van der Waals surface area (Å²) in [5, 5.41) is 2.08. The Kier molecular flexibility index (Phi) is 3.88. The number of nitrogens with zero attached hydrogens (tertiary/aromatic N) is 1. The highest BCUT2D eigenvalue weighted by Crippen LogP contribution is 2.30. The standard InChI is InChI=1S/C12H15N3O5S/c1-7-12(17)14-11(16)6-15(7)21(18,19)10-5-8(13)3-4-9(10)20-2/h3-5,7H,6,13H2,1-2H3,(H,14,16,17). The van der Waals surface area contributed by atoms with Crippen molar-refractivity contribution in [3.63, 3.8) is 0 Å². The Labute approximate surface area is 121 Å². The number of nitrogens with two attached hydrogens (primary N) is 1. The van der Waals surface area contributed by atoms with Crippen LogP contribution in [0.15, 0.2) is 23.1 Å². The number of carbonyl (C=O) groups is 2. The highest BCUT2D eigenvalue weighted by atomic mass is 32.2. The molecule has 0 saturated carbocycles. The van der Waals surface area contributed by atoms with Gasteiger partial charge in [0.15, 0.2) is 0 Å². The second-order valence-corrected chi connectivity index (χ2v) is 6.41. The fraction of sp³-hybridized carbons (Fsp3) is 0.333. The molecule has 1 fully saturated rings. The summed E-state index contributed by atoms with van der Waals surface area (Å²) < 4.78 is 31.2. The van der Waals surface area contributed by atoms with E-state index in [1.165, 1.54) is 32.2 Å². The van der Waals surface area contributed by atoms with Crippen molar-refractivity contribution < 1.29 is 22.7 Å². The minimum Gasteiger partial charge on any atom is -0.495 e. The quantitative estimate of drug-likeness (QED) is 0.563. The maximum absolute atomic E-state index is 12.7. The normalized spacial score (nSPS) is 20.2. The van der Waals surface area contributed by atoms with Crippen molar-refractivity contribution in [2.45, 2.75) is 17.9 Å². The topological polar surface area (TPSA) is 119 Å². The molecule has 1 unspecified atom stereocenters. The van der Waals surface area contributed by atoms with Crippen LogP contribution in [-0.4, -0.2) is 44.2 Å². The first-order chi connectivity index (χ1) is 9.77. The van der Waals surface area contributed by atoms with Crippen LogP contribution in [0.25, 0.3) is 0 Å². The number of anilines is 1. The van der Waals surface area contributed by atoms with E-state index in [4.69, 9.17) is 10.5 Å². The lowest BCUT2D eigenvalue weighted by Crippen LogP contribution is -2.58.